The van der Waals surface area contributed by atoms with Crippen LogP contribution >= 0.6 is 0 Å². The molecule has 0 radical (unpaired) electrons. The van der Waals surface area contributed by atoms with Crippen LogP contribution < -0.4 is 4.74 Å². The number of fused-ring (bicyclic) bond motifs is 1. The van der Waals surface area contributed by atoms with Gasteiger partial charge in [-0.2, -0.15) is 0 Å². The summed E-state index contributed by atoms with van der Waals surface area (Å²) < 4.78 is 5.47. The Labute approximate surface area is 83.5 Å². The molecule has 14 heavy (non-hydrogen) atoms. The Balaban J connectivity index is 2.22. The molecule has 4 heteroatoms. The Morgan fingerprint density at radius 1 is 1.36 bits per heavy atom. The van der Waals surface area contributed by atoms with Crippen LogP contribution in [0.4, 0.5) is 0 Å². The van der Waals surface area contributed by atoms with E-state index in [0.717, 1.165) is 17.7 Å². The maximum absolute atomic E-state index is 8.94. The lowest BCUT2D eigenvalue weighted by Crippen LogP contribution is -2.20. The summed E-state index contributed by atoms with van der Waals surface area (Å²) in [5, 5.41) is 17.9. The normalized spacial score (nSPS) is 19.7. The van der Waals surface area contributed by atoms with Crippen molar-refractivity contribution >= 4 is 7.12 Å². The maximum atomic E-state index is 8.94. The van der Waals surface area contributed by atoms with E-state index < -0.39 is 7.12 Å². The van der Waals surface area contributed by atoms with Gasteiger partial charge in [-0.1, -0.05) is 18.2 Å². The quantitative estimate of drug-likeness (QED) is 0.688. The molecule has 2 rings (SSSR count). The van der Waals surface area contributed by atoms with E-state index in [1.807, 2.05) is 24.3 Å². The average molecular weight is 192 g/mol. The third-order valence-electron chi connectivity index (χ3n) is 2.58. The van der Waals surface area contributed by atoms with E-state index >= 15 is 0 Å². The molecule has 1 aromatic carbocycles. The third kappa shape index (κ3) is 1.91. The fourth-order valence-corrected chi connectivity index (χ4v) is 1.92. The van der Waals surface area contributed by atoms with Gasteiger partial charge in [0.25, 0.3) is 0 Å². The molecule has 0 saturated heterocycles. The molecular formula is C10H13BO3. The first-order valence-electron chi connectivity index (χ1n) is 4.85. The number of ether oxygens (including phenoxy) is 1. The van der Waals surface area contributed by atoms with E-state index in [4.69, 9.17) is 14.8 Å². The first kappa shape index (κ1) is 9.56. The standard InChI is InChI=1S/C10H13BO3/c12-11(13)7-8-5-6-14-10-4-2-1-3-9(8)10/h1-4,8,12-13H,5-7H2. The van der Waals surface area contributed by atoms with Crippen molar-refractivity contribution in [2.75, 3.05) is 6.61 Å². The molecule has 0 amide bonds. The molecule has 0 aromatic heterocycles. The Bertz CT molecular complexity index is 314. The van der Waals surface area contributed by atoms with Gasteiger partial charge in [0.2, 0.25) is 0 Å². The van der Waals surface area contributed by atoms with Crippen LogP contribution in [0, 0.1) is 0 Å². The molecule has 1 aliphatic rings. The van der Waals surface area contributed by atoms with Crippen molar-refractivity contribution in [1.29, 1.82) is 0 Å². The fourth-order valence-electron chi connectivity index (χ4n) is 1.92. The molecule has 0 spiro atoms. The summed E-state index contributed by atoms with van der Waals surface area (Å²) in [6.07, 6.45) is 1.25. The Morgan fingerprint density at radius 3 is 2.93 bits per heavy atom. The second-order valence-electron chi connectivity index (χ2n) is 3.59. The first-order valence-corrected chi connectivity index (χ1v) is 4.85. The number of benzene rings is 1. The lowest BCUT2D eigenvalue weighted by molar-refractivity contribution is 0.267. The van der Waals surface area contributed by atoms with Crippen LogP contribution in [0.2, 0.25) is 6.32 Å². The molecule has 1 unspecified atom stereocenters. The second kappa shape index (κ2) is 4.03. The first-order chi connectivity index (χ1) is 6.77. The van der Waals surface area contributed by atoms with Gasteiger partial charge in [-0.05, 0) is 30.3 Å². The SMILES string of the molecule is OB(O)CC1CCOc2ccccc21. The van der Waals surface area contributed by atoms with Crippen LogP contribution in [0.25, 0.3) is 0 Å². The number of hydrogen-bond donors (Lipinski definition) is 2. The van der Waals surface area contributed by atoms with E-state index in [2.05, 4.69) is 0 Å². The molecule has 2 N–H and O–H groups in total. The predicted molar refractivity (Wildman–Crippen MR) is 54.3 cm³/mol. The van der Waals surface area contributed by atoms with Gasteiger partial charge in [0.15, 0.2) is 0 Å². The largest absolute Gasteiger partial charge is 0.493 e. The summed E-state index contributed by atoms with van der Waals surface area (Å²) in [5.41, 5.74) is 1.09. The molecule has 0 fully saturated rings. The Hall–Kier alpha value is -0.995. The Kier molecular flexibility index (Phi) is 2.75. The van der Waals surface area contributed by atoms with Crippen molar-refractivity contribution < 1.29 is 14.8 Å². The topological polar surface area (TPSA) is 49.7 Å². The molecule has 0 saturated carbocycles. The smallest absolute Gasteiger partial charge is 0.452 e. The molecule has 0 aliphatic carbocycles. The molecule has 0 bridgehead atoms. The van der Waals surface area contributed by atoms with Crippen molar-refractivity contribution in [3.8, 4) is 5.75 Å². The van der Waals surface area contributed by atoms with Crippen molar-refractivity contribution in [3.63, 3.8) is 0 Å². The maximum Gasteiger partial charge on any atom is 0.452 e. The van der Waals surface area contributed by atoms with E-state index in [9.17, 15) is 0 Å². The summed E-state index contributed by atoms with van der Waals surface area (Å²) in [6.45, 7) is 0.661. The molecule has 1 aliphatic heterocycles. The van der Waals surface area contributed by atoms with Gasteiger partial charge in [-0.25, -0.2) is 0 Å². The average Bonchev–Trinajstić information content (AvgIpc) is 2.18. The van der Waals surface area contributed by atoms with E-state index in [-0.39, 0.29) is 5.92 Å². The Morgan fingerprint density at radius 2 is 2.14 bits per heavy atom. The minimum absolute atomic E-state index is 0.208. The van der Waals surface area contributed by atoms with Crippen molar-refractivity contribution in [1.82, 2.24) is 0 Å². The highest BCUT2D eigenvalue weighted by Crippen LogP contribution is 2.35. The fraction of sp³-hybridized carbons (Fsp3) is 0.400. The number of rotatable bonds is 2. The molecule has 3 nitrogen and oxygen atoms in total. The van der Waals surface area contributed by atoms with Crippen LogP contribution in [-0.4, -0.2) is 23.8 Å². The van der Waals surface area contributed by atoms with Crippen molar-refractivity contribution in [2.24, 2.45) is 0 Å². The monoisotopic (exact) mass is 192 g/mol. The highest BCUT2D eigenvalue weighted by atomic mass is 16.5. The minimum atomic E-state index is -1.23. The summed E-state index contributed by atoms with van der Waals surface area (Å²) in [7, 11) is -1.23. The van der Waals surface area contributed by atoms with E-state index in [0.29, 0.717) is 12.9 Å². The van der Waals surface area contributed by atoms with Crippen LogP contribution in [-0.2, 0) is 0 Å². The second-order valence-corrected chi connectivity index (χ2v) is 3.59. The summed E-state index contributed by atoms with van der Waals surface area (Å²) in [4.78, 5) is 0. The molecule has 1 heterocycles. The van der Waals surface area contributed by atoms with Gasteiger partial charge in [0.05, 0.1) is 6.61 Å². The van der Waals surface area contributed by atoms with Gasteiger partial charge in [0.1, 0.15) is 5.75 Å². The summed E-state index contributed by atoms with van der Waals surface area (Å²) in [6, 6.07) is 7.79. The molecular weight excluding hydrogens is 179 g/mol. The zero-order valence-corrected chi connectivity index (χ0v) is 7.89. The van der Waals surface area contributed by atoms with Crippen molar-refractivity contribution in [3.05, 3.63) is 29.8 Å². The molecule has 1 aromatic rings. The van der Waals surface area contributed by atoms with Crippen LogP contribution in [0.5, 0.6) is 5.75 Å². The minimum Gasteiger partial charge on any atom is -0.493 e. The summed E-state index contributed by atoms with van der Waals surface area (Å²) >= 11 is 0. The number of hydrogen-bond acceptors (Lipinski definition) is 3. The zero-order chi connectivity index (χ0) is 9.97. The zero-order valence-electron chi connectivity index (χ0n) is 7.89. The number of para-hydroxylation sites is 1. The van der Waals surface area contributed by atoms with Gasteiger partial charge in [-0.15, -0.1) is 0 Å². The van der Waals surface area contributed by atoms with Gasteiger partial charge < -0.3 is 14.8 Å². The lowest BCUT2D eigenvalue weighted by atomic mass is 9.74. The van der Waals surface area contributed by atoms with Crippen molar-refractivity contribution in [2.45, 2.75) is 18.7 Å². The highest BCUT2D eigenvalue weighted by Gasteiger charge is 2.24. The van der Waals surface area contributed by atoms with Crippen LogP contribution in [0.3, 0.4) is 0 Å². The summed E-state index contributed by atoms with van der Waals surface area (Å²) in [5.74, 6) is 1.09. The van der Waals surface area contributed by atoms with E-state index in [1.165, 1.54) is 0 Å². The molecule has 1 atom stereocenters. The predicted octanol–water partition coefficient (Wildman–Crippen LogP) is 1.03. The highest BCUT2D eigenvalue weighted by molar-refractivity contribution is 6.41. The van der Waals surface area contributed by atoms with E-state index in [1.54, 1.807) is 0 Å². The lowest BCUT2D eigenvalue weighted by Gasteiger charge is -2.25. The van der Waals surface area contributed by atoms with Crippen LogP contribution in [0.15, 0.2) is 24.3 Å². The van der Waals surface area contributed by atoms with Gasteiger partial charge >= 0.3 is 7.12 Å². The van der Waals surface area contributed by atoms with Gasteiger partial charge in [0, 0.05) is 0 Å². The van der Waals surface area contributed by atoms with Crippen LogP contribution in [0.1, 0.15) is 17.9 Å². The molecule has 74 valence electrons. The van der Waals surface area contributed by atoms with Gasteiger partial charge in [-0.3, -0.25) is 0 Å². The third-order valence-corrected chi connectivity index (χ3v) is 2.58.